The number of nitrogens with zero attached hydrogens (tertiary/aromatic N) is 2. The van der Waals surface area contributed by atoms with E-state index in [-0.39, 0.29) is 5.82 Å². The molecule has 1 N–H and O–H groups in total. The summed E-state index contributed by atoms with van der Waals surface area (Å²) in [5, 5.41) is 5.16. The van der Waals surface area contributed by atoms with Gasteiger partial charge in [-0.2, -0.15) is 5.10 Å². The molecule has 3 nitrogen and oxygen atoms in total. The van der Waals surface area contributed by atoms with Crippen molar-refractivity contribution in [2.75, 3.05) is 5.43 Å². The van der Waals surface area contributed by atoms with Gasteiger partial charge >= 0.3 is 0 Å². The normalized spacial score (nSPS) is 11.8. The summed E-state index contributed by atoms with van der Waals surface area (Å²) in [5.74, 6) is -0.262. The Bertz CT molecular complexity index is 729. The molecule has 0 saturated carbocycles. The largest absolute Gasteiger partial charge is 0.278 e. The molecule has 0 unspecified atom stereocenters. The number of benzene rings is 2. The summed E-state index contributed by atoms with van der Waals surface area (Å²) in [6, 6.07) is 14.1. The number of halogens is 1. The Labute approximate surface area is 119 Å². The first-order chi connectivity index (χ1) is 9.72. The molecule has 0 spiro atoms. The maximum absolute atomic E-state index is 12.8. The first-order valence-electron chi connectivity index (χ1n) is 6.14. The van der Waals surface area contributed by atoms with Gasteiger partial charge in [-0.25, -0.2) is 9.37 Å². The number of hydrogen-bond acceptors (Lipinski definition) is 4. The lowest BCUT2D eigenvalue weighted by molar-refractivity contribution is 0.628. The molecule has 3 rings (SSSR count). The molecule has 0 fully saturated rings. The third-order valence-electron chi connectivity index (χ3n) is 2.80. The minimum absolute atomic E-state index is 0.262. The molecule has 100 valence electrons. The van der Waals surface area contributed by atoms with Crippen LogP contribution in [0.15, 0.2) is 53.6 Å². The third kappa shape index (κ3) is 2.67. The SMILES string of the molecule is C/C(=N/Nc1ccc(F)cc1)c1nc2ccccc2s1. The maximum atomic E-state index is 12.8. The summed E-state index contributed by atoms with van der Waals surface area (Å²) in [5.41, 5.74) is 5.42. The van der Waals surface area contributed by atoms with Crippen molar-refractivity contribution in [3.05, 3.63) is 59.4 Å². The predicted octanol–water partition coefficient (Wildman–Crippen LogP) is 4.27. The van der Waals surface area contributed by atoms with Gasteiger partial charge < -0.3 is 0 Å². The Morgan fingerprint density at radius 2 is 1.90 bits per heavy atom. The van der Waals surface area contributed by atoms with Gasteiger partial charge in [-0.05, 0) is 43.3 Å². The molecule has 0 bridgehead atoms. The number of aromatic nitrogens is 1. The minimum atomic E-state index is -0.262. The van der Waals surface area contributed by atoms with Crippen molar-refractivity contribution in [2.45, 2.75) is 6.92 Å². The van der Waals surface area contributed by atoms with E-state index in [1.165, 1.54) is 12.1 Å². The highest BCUT2D eigenvalue weighted by Gasteiger charge is 2.05. The molecule has 0 aliphatic heterocycles. The topological polar surface area (TPSA) is 37.3 Å². The van der Waals surface area contributed by atoms with Gasteiger partial charge in [0.1, 0.15) is 10.8 Å². The van der Waals surface area contributed by atoms with Gasteiger partial charge in [0.25, 0.3) is 0 Å². The number of hydrazone groups is 1. The van der Waals surface area contributed by atoms with E-state index in [0.29, 0.717) is 0 Å². The van der Waals surface area contributed by atoms with E-state index >= 15 is 0 Å². The van der Waals surface area contributed by atoms with Crippen LogP contribution in [0.3, 0.4) is 0 Å². The number of fused-ring (bicyclic) bond motifs is 1. The highest BCUT2D eigenvalue weighted by atomic mass is 32.1. The van der Waals surface area contributed by atoms with E-state index in [0.717, 1.165) is 26.6 Å². The summed E-state index contributed by atoms with van der Waals surface area (Å²) in [6.45, 7) is 1.90. The number of para-hydroxylation sites is 1. The summed E-state index contributed by atoms with van der Waals surface area (Å²) in [6.07, 6.45) is 0. The molecule has 0 saturated heterocycles. The first kappa shape index (κ1) is 12.7. The van der Waals surface area contributed by atoms with E-state index in [1.54, 1.807) is 23.5 Å². The number of rotatable bonds is 3. The summed E-state index contributed by atoms with van der Waals surface area (Å²) < 4.78 is 13.9. The monoisotopic (exact) mass is 285 g/mol. The number of hydrogen-bond donors (Lipinski definition) is 1. The minimum Gasteiger partial charge on any atom is -0.278 e. The van der Waals surface area contributed by atoms with E-state index in [9.17, 15) is 4.39 Å². The van der Waals surface area contributed by atoms with E-state index in [2.05, 4.69) is 15.5 Å². The molecule has 0 aliphatic carbocycles. The third-order valence-corrected chi connectivity index (χ3v) is 3.95. The van der Waals surface area contributed by atoms with Gasteiger partial charge in [0.05, 0.1) is 21.6 Å². The fourth-order valence-electron chi connectivity index (χ4n) is 1.75. The van der Waals surface area contributed by atoms with Gasteiger partial charge in [0.15, 0.2) is 0 Å². The molecular formula is C15H12FN3S. The molecule has 5 heteroatoms. The van der Waals surface area contributed by atoms with Crippen LogP contribution in [0.1, 0.15) is 11.9 Å². The Hall–Kier alpha value is -2.27. The molecular weight excluding hydrogens is 273 g/mol. The smallest absolute Gasteiger partial charge is 0.140 e. The van der Waals surface area contributed by atoms with Crippen molar-refractivity contribution >= 4 is 33.0 Å². The van der Waals surface area contributed by atoms with Crippen molar-refractivity contribution in [3.63, 3.8) is 0 Å². The standard InChI is InChI=1S/C15H12FN3S/c1-10(18-19-12-8-6-11(16)7-9-12)15-17-13-4-2-3-5-14(13)20-15/h2-9,19H,1H3/b18-10-. The second kappa shape index (κ2) is 5.38. The molecule has 3 aromatic rings. The Morgan fingerprint density at radius 1 is 1.15 bits per heavy atom. The maximum Gasteiger partial charge on any atom is 0.140 e. The molecule has 1 aromatic heterocycles. The van der Waals surface area contributed by atoms with Gasteiger partial charge in [-0.15, -0.1) is 11.3 Å². The van der Waals surface area contributed by atoms with Crippen molar-refractivity contribution in [3.8, 4) is 0 Å². The van der Waals surface area contributed by atoms with Gasteiger partial charge in [-0.3, -0.25) is 5.43 Å². The lowest BCUT2D eigenvalue weighted by Gasteiger charge is -2.01. The summed E-state index contributed by atoms with van der Waals surface area (Å²) in [7, 11) is 0. The van der Waals surface area contributed by atoms with Crippen LogP contribution >= 0.6 is 11.3 Å². The quantitative estimate of drug-likeness (QED) is 0.576. The molecule has 0 atom stereocenters. The predicted molar refractivity (Wildman–Crippen MR) is 81.9 cm³/mol. The van der Waals surface area contributed by atoms with Gasteiger partial charge in [0.2, 0.25) is 0 Å². The van der Waals surface area contributed by atoms with Crippen molar-refractivity contribution in [2.24, 2.45) is 5.10 Å². The van der Waals surface area contributed by atoms with Crippen LogP contribution in [0.2, 0.25) is 0 Å². The Balaban J connectivity index is 1.82. The van der Waals surface area contributed by atoms with Crippen LogP contribution in [0.4, 0.5) is 10.1 Å². The zero-order chi connectivity index (χ0) is 13.9. The fourth-order valence-corrected chi connectivity index (χ4v) is 2.66. The number of anilines is 1. The average Bonchev–Trinajstić information content (AvgIpc) is 2.90. The number of thiazole rings is 1. The highest BCUT2D eigenvalue weighted by molar-refractivity contribution is 7.20. The lowest BCUT2D eigenvalue weighted by Crippen LogP contribution is -1.98. The van der Waals surface area contributed by atoms with Crippen LogP contribution in [-0.2, 0) is 0 Å². The van der Waals surface area contributed by atoms with Crippen molar-refractivity contribution in [1.29, 1.82) is 0 Å². The van der Waals surface area contributed by atoms with Crippen LogP contribution in [0.5, 0.6) is 0 Å². The zero-order valence-corrected chi connectivity index (χ0v) is 11.6. The average molecular weight is 285 g/mol. The van der Waals surface area contributed by atoms with Gasteiger partial charge in [-0.1, -0.05) is 12.1 Å². The first-order valence-corrected chi connectivity index (χ1v) is 6.96. The Morgan fingerprint density at radius 3 is 2.65 bits per heavy atom. The number of nitrogens with one attached hydrogen (secondary N) is 1. The summed E-state index contributed by atoms with van der Waals surface area (Å²) in [4.78, 5) is 4.53. The van der Waals surface area contributed by atoms with Crippen LogP contribution in [0, 0.1) is 5.82 Å². The molecule has 2 aromatic carbocycles. The second-order valence-electron chi connectivity index (χ2n) is 4.30. The van der Waals surface area contributed by atoms with E-state index in [1.807, 2.05) is 31.2 Å². The molecule has 0 aliphatic rings. The second-order valence-corrected chi connectivity index (χ2v) is 5.33. The summed E-state index contributed by atoms with van der Waals surface area (Å²) >= 11 is 1.60. The fraction of sp³-hybridized carbons (Fsp3) is 0.0667. The van der Waals surface area contributed by atoms with E-state index < -0.39 is 0 Å². The van der Waals surface area contributed by atoms with Crippen LogP contribution in [0.25, 0.3) is 10.2 Å². The lowest BCUT2D eigenvalue weighted by atomic mass is 10.3. The molecule has 0 amide bonds. The molecule has 1 heterocycles. The van der Waals surface area contributed by atoms with Gasteiger partial charge in [0, 0.05) is 0 Å². The van der Waals surface area contributed by atoms with Crippen molar-refractivity contribution in [1.82, 2.24) is 4.98 Å². The molecule has 20 heavy (non-hydrogen) atoms. The van der Waals surface area contributed by atoms with Crippen LogP contribution in [-0.4, -0.2) is 10.7 Å². The highest BCUT2D eigenvalue weighted by Crippen LogP contribution is 2.22. The zero-order valence-electron chi connectivity index (χ0n) is 10.8. The van der Waals surface area contributed by atoms with Crippen molar-refractivity contribution < 1.29 is 4.39 Å². The van der Waals surface area contributed by atoms with Crippen LogP contribution < -0.4 is 5.43 Å². The molecule has 0 radical (unpaired) electrons. The Kier molecular flexibility index (Phi) is 3.43. The van der Waals surface area contributed by atoms with E-state index in [4.69, 9.17) is 0 Å².